The normalized spacial score (nSPS) is 17.2. The van der Waals surface area contributed by atoms with Crippen molar-refractivity contribution in [3.8, 4) is 11.1 Å². The molecule has 0 aliphatic carbocycles. The van der Waals surface area contributed by atoms with Gasteiger partial charge in [0.15, 0.2) is 11.2 Å². The van der Waals surface area contributed by atoms with Crippen molar-refractivity contribution in [3.05, 3.63) is 81.8 Å². The lowest BCUT2D eigenvalue weighted by molar-refractivity contribution is -0.121. The van der Waals surface area contributed by atoms with Crippen molar-refractivity contribution < 1.29 is 9.59 Å². The van der Waals surface area contributed by atoms with E-state index in [0.29, 0.717) is 21.4 Å². The molecule has 40 heavy (non-hydrogen) atoms. The number of hydrogen-bond acceptors (Lipinski definition) is 7. The van der Waals surface area contributed by atoms with E-state index in [-0.39, 0.29) is 18.4 Å². The predicted molar refractivity (Wildman–Crippen MR) is 156 cm³/mol. The highest BCUT2D eigenvalue weighted by Crippen LogP contribution is 2.39. The molecular weight excluding hydrogens is 546 g/mol. The minimum absolute atomic E-state index is 0.227. The first-order chi connectivity index (χ1) is 19.6. The zero-order valence-corrected chi connectivity index (χ0v) is 23.3. The number of hydrogen-bond donors (Lipinski definition) is 2. The second-order valence-corrected chi connectivity index (χ2v) is 11.6. The summed E-state index contributed by atoms with van der Waals surface area (Å²) in [7, 11) is 0. The second-order valence-electron chi connectivity index (χ2n) is 10.3. The molecule has 204 valence electrons. The molecule has 3 aliphatic heterocycles. The predicted octanol–water partition coefficient (Wildman–Crippen LogP) is 4.35. The van der Waals surface area contributed by atoms with Crippen LogP contribution >= 0.6 is 22.9 Å². The highest BCUT2D eigenvalue weighted by atomic mass is 35.5. The Balaban J connectivity index is 1.20. The Hall–Kier alpha value is -3.73. The fraction of sp³-hybridized carbons (Fsp3) is 0.310. The minimum atomic E-state index is -0.893. The van der Waals surface area contributed by atoms with Gasteiger partial charge in [0, 0.05) is 78.4 Å². The van der Waals surface area contributed by atoms with Crippen LogP contribution in [0.4, 0.5) is 10.8 Å². The number of anilines is 2. The molecule has 1 atom stereocenters. The Labute approximate surface area is 240 Å². The molecule has 2 aromatic heterocycles. The maximum absolute atomic E-state index is 14.0. The van der Waals surface area contributed by atoms with Gasteiger partial charge in [0.2, 0.25) is 0 Å². The van der Waals surface area contributed by atoms with E-state index in [9.17, 15) is 9.59 Å². The number of rotatable bonds is 6. The summed E-state index contributed by atoms with van der Waals surface area (Å²) in [5.41, 5.74) is 5.91. The van der Waals surface area contributed by atoms with Gasteiger partial charge >= 0.3 is 0 Å². The summed E-state index contributed by atoms with van der Waals surface area (Å²) in [6.07, 6.45) is 5.21. The van der Waals surface area contributed by atoms with Crippen LogP contribution in [-0.4, -0.2) is 57.4 Å². The molecule has 11 heteroatoms. The van der Waals surface area contributed by atoms with Gasteiger partial charge in [0.1, 0.15) is 0 Å². The monoisotopic (exact) mass is 573 g/mol. The first kappa shape index (κ1) is 25.3. The molecule has 1 saturated heterocycles. The number of piperazine rings is 1. The van der Waals surface area contributed by atoms with Gasteiger partial charge in [-0.15, -0.1) is 11.3 Å². The number of carbonyl (C=O) groups is 2. The van der Waals surface area contributed by atoms with Crippen LogP contribution in [0.15, 0.2) is 54.3 Å². The quantitative estimate of drug-likeness (QED) is 0.356. The zero-order valence-electron chi connectivity index (χ0n) is 21.8. The third-order valence-corrected chi connectivity index (χ3v) is 9.00. The Bertz CT molecular complexity index is 1580. The number of amides is 2. The van der Waals surface area contributed by atoms with Crippen LogP contribution in [0.5, 0.6) is 0 Å². The van der Waals surface area contributed by atoms with Gasteiger partial charge in [0.05, 0.1) is 12.0 Å². The maximum Gasteiger partial charge on any atom is 0.255 e. The molecular formula is C29H28ClN7O2S. The van der Waals surface area contributed by atoms with Crippen molar-refractivity contribution >= 4 is 45.6 Å². The van der Waals surface area contributed by atoms with E-state index < -0.39 is 6.04 Å². The average molecular weight is 574 g/mol. The highest BCUT2D eigenvalue weighted by molar-refractivity contribution is 7.13. The topological polar surface area (TPSA) is 95.4 Å². The number of nitrogens with zero attached hydrogens (tertiary/aromatic N) is 5. The van der Waals surface area contributed by atoms with Crippen LogP contribution < -0.4 is 15.5 Å². The molecule has 2 aromatic carbocycles. The fourth-order valence-electron chi connectivity index (χ4n) is 5.95. The second kappa shape index (κ2) is 10.3. The number of thiazole rings is 1. The van der Waals surface area contributed by atoms with Crippen LogP contribution in [-0.2, 0) is 24.3 Å². The summed E-state index contributed by atoms with van der Waals surface area (Å²) >= 11 is 8.14. The van der Waals surface area contributed by atoms with E-state index in [1.165, 1.54) is 17.0 Å². The zero-order chi connectivity index (χ0) is 27.2. The lowest BCUT2D eigenvalue weighted by Gasteiger charge is -2.29. The van der Waals surface area contributed by atoms with Crippen LogP contribution in [0.25, 0.3) is 11.1 Å². The van der Waals surface area contributed by atoms with Gasteiger partial charge < -0.3 is 19.7 Å². The number of nitrogens with one attached hydrogen (secondary N) is 2. The number of fused-ring (bicyclic) bond motifs is 2. The molecule has 1 fully saturated rings. The molecule has 0 spiro atoms. The molecule has 1 unspecified atom stereocenters. The lowest BCUT2D eigenvalue weighted by atomic mass is 10.00. The summed E-state index contributed by atoms with van der Waals surface area (Å²) in [5.74, 6) is -0.556. The van der Waals surface area contributed by atoms with Gasteiger partial charge in [-0.1, -0.05) is 23.7 Å². The Kier molecular flexibility index (Phi) is 6.53. The number of carbonyl (C=O) groups excluding carboxylic acids is 2. The number of aromatic nitrogens is 3. The fourth-order valence-corrected chi connectivity index (χ4v) is 6.76. The van der Waals surface area contributed by atoms with E-state index in [4.69, 9.17) is 11.6 Å². The van der Waals surface area contributed by atoms with Crippen molar-refractivity contribution in [1.29, 1.82) is 0 Å². The van der Waals surface area contributed by atoms with Crippen LogP contribution in [0.2, 0.25) is 5.02 Å². The standard InChI is InChI=1S/C29H28ClN7O2S/c30-23-15-19(18-3-5-20(6-4-18)35-11-7-31-8-12-35)14-21-22(23)16-37(28(21)39)26(27(38)34-29-32-9-13-40-29)25-24-2-1-10-36(24)17-33-25/h3-6,9,13-15,17,26,31H,1-2,7-8,10-12,16H2,(H,32,34,38). The molecule has 0 bridgehead atoms. The average Bonchev–Trinajstić information content (AvgIpc) is 3.78. The lowest BCUT2D eigenvalue weighted by Crippen LogP contribution is -2.43. The van der Waals surface area contributed by atoms with Crippen LogP contribution in [0.3, 0.4) is 0 Å². The summed E-state index contributed by atoms with van der Waals surface area (Å²) < 4.78 is 2.07. The Morgan fingerprint density at radius 1 is 1.07 bits per heavy atom. The smallest absolute Gasteiger partial charge is 0.255 e. The summed E-state index contributed by atoms with van der Waals surface area (Å²) in [6.45, 7) is 5.01. The first-order valence-corrected chi connectivity index (χ1v) is 14.8. The largest absolute Gasteiger partial charge is 0.369 e. The molecule has 9 nitrogen and oxygen atoms in total. The SMILES string of the molecule is O=C(Nc1nccs1)C(c1ncn2c1CCC2)N1Cc2c(Cl)cc(-c3ccc(N4CCNCC4)cc3)cc2C1=O. The number of benzene rings is 2. The molecule has 5 heterocycles. The molecule has 0 saturated carbocycles. The van der Waals surface area contributed by atoms with Gasteiger partial charge in [-0.05, 0) is 48.2 Å². The Morgan fingerprint density at radius 2 is 1.90 bits per heavy atom. The summed E-state index contributed by atoms with van der Waals surface area (Å²) in [4.78, 5) is 40.4. The van der Waals surface area contributed by atoms with Gasteiger partial charge in [0.25, 0.3) is 11.8 Å². The third-order valence-electron chi connectivity index (χ3n) is 7.97. The van der Waals surface area contributed by atoms with Crippen molar-refractivity contribution in [2.24, 2.45) is 0 Å². The van der Waals surface area contributed by atoms with E-state index in [1.807, 2.05) is 12.1 Å². The van der Waals surface area contributed by atoms with Crippen molar-refractivity contribution in [2.45, 2.75) is 32.0 Å². The van der Waals surface area contributed by atoms with E-state index in [1.54, 1.807) is 22.8 Å². The number of aryl methyl sites for hydroxylation is 1. The van der Waals surface area contributed by atoms with Gasteiger partial charge in [-0.3, -0.25) is 14.9 Å². The molecule has 2 amide bonds. The third kappa shape index (κ3) is 4.46. The van der Waals surface area contributed by atoms with Gasteiger partial charge in [-0.2, -0.15) is 0 Å². The highest BCUT2D eigenvalue weighted by Gasteiger charge is 2.41. The van der Waals surface area contributed by atoms with Crippen LogP contribution in [0, 0.1) is 0 Å². The molecule has 0 radical (unpaired) electrons. The van der Waals surface area contributed by atoms with Crippen molar-refractivity contribution in [3.63, 3.8) is 0 Å². The number of imidazole rings is 1. The van der Waals surface area contributed by atoms with Crippen LogP contribution in [0.1, 0.15) is 39.8 Å². The Morgan fingerprint density at radius 3 is 2.67 bits per heavy atom. The number of halogens is 1. The van der Waals surface area contributed by atoms with Crippen molar-refractivity contribution in [2.75, 3.05) is 36.4 Å². The maximum atomic E-state index is 14.0. The van der Waals surface area contributed by atoms with E-state index in [2.05, 4.69) is 54.3 Å². The molecule has 7 rings (SSSR count). The first-order valence-electron chi connectivity index (χ1n) is 13.5. The van der Waals surface area contributed by atoms with Crippen molar-refractivity contribution in [1.82, 2.24) is 24.8 Å². The van der Waals surface area contributed by atoms with Gasteiger partial charge in [-0.25, -0.2) is 9.97 Å². The minimum Gasteiger partial charge on any atom is -0.369 e. The molecule has 4 aromatic rings. The molecule has 2 N–H and O–H groups in total. The summed E-state index contributed by atoms with van der Waals surface area (Å²) in [6, 6.07) is 11.3. The van der Waals surface area contributed by atoms with E-state index in [0.717, 1.165) is 67.9 Å². The summed E-state index contributed by atoms with van der Waals surface area (Å²) in [5, 5.41) is 9.08. The van der Waals surface area contributed by atoms with E-state index >= 15 is 0 Å². The molecule has 3 aliphatic rings.